The monoisotopic (exact) mass is 527 g/mol. The van der Waals surface area contributed by atoms with E-state index in [1.807, 2.05) is 36.5 Å². The van der Waals surface area contributed by atoms with Crippen molar-refractivity contribution in [2.45, 2.75) is 0 Å². The number of hydrogen-bond donors (Lipinski definition) is 0. The Kier molecular flexibility index (Phi) is 4.55. The quantitative estimate of drug-likeness (QED) is 0.214. The minimum absolute atomic E-state index is 0.620. The van der Waals surface area contributed by atoms with E-state index in [-0.39, 0.29) is 0 Å². The summed E-state index contributed by atoms with van der Waals surface area (Å²) in [5.74, 6) is 0. The van der Waals surface area contributed by atoms with Gasteiger partial charge in [0.05, 0.1) is 33.2 Å². The summed E-state index contributed by atoms with van der Waals surface area (Å²) in [5.41, 5.74) is 6.09. The van der Waals surface area contributed by atoms with E-state index in [9.17, 15) is 0 Å². The summed E-state index contributed by atoms with van der Waals surface area (Å²) in [6, 6.07) is 37.9. The second-order valence-corrected chi connectivity index (χ2v) is 10.2. The number of nitrogens with zero attached hydrogens (tertiary/aromatic N) is 3. The maximum atomic E-state index is 6.32. The standard InChI is InChI=1S/C36H21N3O2/c1-2-9-23-22(8-1)20-30(25-11-4-3-10-24(23)25)39(28-13-6-16-33-34(28)26-12-7-18-38-36(26)41-33)29-14-5-15-32-35(29)27-21-37-19-17-31(27)40-32/h1-21H. The van der Waals surface area contributed by atoms with E-state index in [1.165, 1.54) is 16.2 Å². The number of furan rings is 2. The summed E-state index contributed by atoms with van der Waals surface area (Å²) in [6.07, 6.45) is 5.42. The first-order valence-electron chi connectivity index (χ1n) is 13.6. The van der Waals surface area contributed by atoms with E-state index < -0.39 is 0 Å². The topological polar surface area (TPSA) is 55.3 Å². The molecule has 0 bridgehead atoms. The number of pyridine rings is 2. The summed E-state index contributed by atoms with van der Waals surface area (Å²) in [6.45, 7) is 0. The highest BCUT2D eigenvalue weighted by atomic mass is 16.3. The van der Waals surface area contributed by atoms with Crippen LogP contribution in [0.4, 0.5) is 17.1 Å². The zero-order valence-electron chi connectivity index (χ0n) is 21.8. The summed E-state index contributed by atoms with van der Waals surface area (Å²) < 4.78 is 12.6. The SMILES string of the molecule is c1ccc2c(c1)cc(N(c1cccc3oc4ccncc4c13)c1cccc3oc4ncccc4c13)c1ccccc12. The Labute approximate surface area is 233 Å². The average molecular weight is 528 g/mol. The Bertz CT molecular complexity index is 2340. The van der Waals surface area contributed by atoms with E-state index in [0.29, 0.717) is 5.71 Å². The van der Waals surface area contributed by atoms with Crippen molar-refractivity contribution >= 4 is 82.6 Å². The summed E-state index contributed by atoms with van der Waals surface area (Å²) in [5, 5.41) is 8.70. The lowest BCUT2D eigenvalue weighted by Crippen LogP contribution is -2.11. The van der Waals surface area contributed by atoms with Gasteiger partial charge in [0.1, 0.15) is 16.7 Å². The van der Waals surface area contributed by atoms with Gasteiger partial charge in [0.25, 0.3) is 0 Å². The molecule has 4 aromatic heterocycles. The number of aromatic nitrogens is 2. The van der Waals surface area contributed by atoms with Crippen LogP contribution in [-0.2, 0) is 0 Å². The van der Waals surface area contributed by atoms with Crippen LogP contribution in [0.25, 0.3) is 65.6 Å². The van der Waals surface area contributed by atoms with E-state index in [2.05, 4.69) is 93.7 Å². The Hall–Kier alpha value is -5.68. The predicted octanol–water partition coefficient (Wildman–Crippen LogP) is 10.1. The molecule has 0 fully saturated rings. The molecule has 0 radical (unpaired) electrons. The third-order valence-corrected chi connectivity index (χ3v) is 7.99. The molecule has 0 saturated heterocycles. The Balaban J connectivity index is 1.49. The molecule has 9 aromatic rings. The molecular weight excluding hydrogens is 506 g/mol. The minimum Gasteiger partial charge on any atom is -0.456 e. The average Bonchev–Trinajstić information content (AvgIpc) is 3.60. The molecule has 0 N–H and O–H groups in total. The maximum absolute atomic E-state index is 6.32. The van der Waals surface area contributed by atoms with Crippen LogP contribution in [0.2, 0.25) is 0 Å². The van der Waals surface area contributed by atoms with Gasteiger partial charge in [-0.1, -0.05) is 60.7 Å². The fraction of sp³-hybridized carbons (Fsp3) is 0. The van der Waals surface area contributed by atoms with Crippen LogP contribution in [0.15, 0.2) is 137 Å². The molecule has 0 aliphatic carbocycles. The lowest BCUT2D eigenvalue weighted by molar-refractivity contribution is 0.654. The molecule has 5 heteroatoms. The summed E-state index contributed by atoms with van der Waals surface area (Å²) >= 11 is 0. The molecule has 0 amide bonds. The molecule has 0 aliphatic rings. The highest BCUT2D eigenvalue weighted by molar-refractivity contribution is 6.21. The van der Waals surface area contributed by atoms with Gasteiger partial charge < -0.3 is 13.7 Å². The van der Waals surface area contributed by atoms with Gasteiger partial charge in [0.2, 0.25) is 5.71 Å². The van der Waals surface area contributed by atoms with E-state index >= 15 is 0 Å². The van der Waals surface area contributed by atoms with E-state index in [4.69, 9.17) is 8.83 Å². The zero-order chi connectivity index (χ0) is 26.9. The first-order valence-corrected chi connectivity index (χ1v) is 13.6. The first kappa shape index (κ1) is 22.2. The van der Waals surface area contributed by atoms with Gasteiger partial charge in [0, 0.05) is 29.4 Å². The van der Waals surface area contributed by atoms with Crippen LogP contribution in [0, 0.1) is 0 Å². The number of fused-ring (bicyclic) bond motifs is 9. The molecule has 0 atom stereocenters. The predicted molar refractivity (Wildman–Crippen MR) is 166 cm³/mol. The fourth-order valence-corrected chi connectivity index (χ4v) is 6.28. The first-order chi connectivity index (χ1) is 20.3. The largest absolute Gasteiger partial charge is 0.456 e. The molecule has 5 nitrogen and oxygen atoms in total. The van der Waals surface area contributed by atoms with Gasteiger partial charge in [0.15, 0.2) is 0 Å². The van der Waals surface area contributed by atoms with Gasteiger partial charge in [-0.2, -0.15) is 0 Å². The minimum atomic E-state index is 0.620. The number of benzene rings is 5. The molecule has 41 heavy (non-hydrogen) atoms. The van der Waals surface area contributed by atoms with Gasteiger partial charge in [-0.15, -0.1) is 0 Å². The molecule has 5 aromatic carbocycles. The van der Waals surface area contributed by atoms with Crippen LogP contribution >= 0.6 is 0 Å². The van der Waals surface area contributed by atoms with Gasteiger partial charge in [-0.3, -0.25) is 4.98 Å². The van der Waals surface area contributed by atoms with Crippen molar-refractivity contribution in [1.29, 1.82) is 0 Å². The van der Waals surface area contributed by atoms with Gasteiger partial charge in [-0.05, 0) is 64.7 Å². The molecule has 0 unspecified atom stereocenters. The molecule has 0 saturated carbocycles. The molecule has 192 valence electrons. The maximum Gasteiger partial charge on any atom is 0.227 e. The number of anilines is 3. The number of rotatable bonds is 3. The van der Waals surface area contributed by atoms with Gasteiger partial charge >= 0.3 is 0 Å². The second-order valence-electron chi connectivity index (χ2n) is 10.2. The van der Waals surface area contributed by atoms with Crippen molar-refractivity contribution in [1.82, 2.24) is 9.97 Å². The van der Waals surface area contributed by atoms with Crippen LogP contribution in [0.3, 0.4) is 0 Å². The molecular formula is C36H21N3O2. The zero-order valence-corrected chi connectivity index (χ0v) is 21.8. The van der Waals surface area contributed by atoms with Crippen LogP contribution in [-0.4, -0.2) is 9.97 Å². The molecule has 0 spiro atoms. The second kappa shape index (κ2) is 8.41. The summed E-state index contributed by atoms with van der Waals surface area (Å²) in [4.78, 5) is 11.3. The third-order valence-electron chi connectivity index (χ3n) is 7.99. The molecule has 9 rings (SSSR count). The number of hydrogen-bond acceptors (Lipinski definition) is 5. The van der Waals surface area contributed by atoms with Crippen LogP contribution in [0.5, 0.6) is 0 Å². The summed E-state index contributed by atoms with van der Waals surface area (Å²) in [7, 11) is 0. The van der Waals surface area contributed by atoms with Crippen molar-refractivity contribution in [3.63, 3.8) is 0 Å². The van der Waals surface area contributed by atoms with Crippen molar-refractivity contribution < 1.29 is 8.83 Å². The Morgan fingerprint density at radius 3 is 2.05 bits per heavy atom. The van der Waals surface area contributed by atoms with Crippen LogP contribution < -0.4 is 4.90 Å². The van der Waals surface area contributed by atoms with Gasteiger partial charge in [-0.25, -0.2) is 4.98 Å². The lowest BCUT2D eigenvalue weighted by atomic mass is 9.98. The van der Waals surface area contributed by atoms with Crippen molar-refractivity contribution in [2.75, 3.05) is 4.90 Å². The fourth-order valence-electron chi connectivity index (χ4n) is 6.28. The van der Waals surface area contributed by atoms with Crippen molar-refractivity contribution in [3.05, 3.63) is 128 Å². The lowest BCUT2D eigenvalue weighted by Gasteiger charge is -2.28. The smallest absolute Gasteiger partial charge is 0.227 e. The highest BCUT2D eigenvalue weighted by Crippen LogP contribution is 2.49. The van der Waals surface area contributed by atoms with Crippen LogP contribution in [0.1, 0.15) is 0 Å². The Morgan fingerprint density at radius 1 is 0.488 bits per heavy atom. The van der Waals surface area contributed by atoms with E-state index in [0.717, 1.165) is 60.7 Å². The van der Waals surface area contributed by atoms with Crippen molar-refractivity contribution in [2.24, 2.45) is 0 Å². The molecule has 0 aliphatic heterocycles. The Morgan fingerprint density at radius 2 is 1.20 bits per heavy atom. The van der Waals surface area contributed by atoms with E-state index in [1.54, 1.807) is 12.4 Å². The highest BCUT2D eigenvalue weighted by Gasteiger charge is 2.25. The van der Waals surface area contributed by atoms with Crippen molar-refractivity contribution in [3.8, 4) is 0 Å². The normalized spacial score (nSPS) is 11.9. The molecule has 4 heterocycles. The third kappa shape index (κ3) is 3.17.